The van der Waals surface area contributed by atoms with Gasteiger partial charge in [-0.25, -0.2) is 4.79 Å². The summed E-state index contributed by atoms with van der Waals surface area (Å²) in [4.78, 5) is 10.9. The van der Waals surface area contributed by atoms with Crippen LogP contribution in [0.2, 0.25) is 15.1 Å². The van der Waals surface area contributed by atoms with Crippen LogP contribution < -0.4 is 4.74 Å². The molecule has 0 bridgehead atoms. The van der Waals surface area contributed by atoms with Crippen molar-refractivity contribution in [1.29, 1.82) is 0 Å². The molecule has 0 spiro atoms. The highest BCUT2D eigenvalue weighted by molar-refractivity contribution is 6.43. The first-order chi connectivity index (χ1) is 8.97. The minimum atomic E-state index is -1.04. The first kappa shape index (κ1) is 14.0. The number of carbonyl (C=O) groups is 1. The maximum Gasteiger partial charge on any atom is 0.335 e. The van der Waals surface area contributed by atoms with Gasteiger partial charge in [0, 0.05) is 6.07 Å². The van der Waals surface area contributed by atoms with Crippen molar-refractivity contribution in [2.45, 2.75) is 0 Å². The number of hydrogen-bond donors (Lipinski definition) is 1. The van der Waals surface area contributed by atoms with E-state index >= 15 is 0 Å². The molecule has 2 rings (SSSR count). The van der Waals surface area contributed by atoms with Crippen molar-refractivity contribution < 1.29 is 14.6 Å². The van der Waals surface area contributed by atoms with Gasteiger partial charge in [0.15, 0.2) is 0 Å². The van der Waals surface area contributed by atoms with Crippen LogP contribution in [0.1, 0.15) is 10.4 Å². The molecule has 2 aromatic rings. The fourth-order valence-electron chi connectivity index (χ4n) is 1.40. The fraction of sp³-hybridized carbons (Fsp3) is 0. The lowest BCUT2D eigenvalue weighted by Crippen LogP contribution is -1.96. The van der Waals surface area contributed by atoms with Gasteiger partial charge in [0.2, 0.25) is 0 Å². The monoisotopic (exact) mass is 316 g/mol. The molecule has 0 heterocycles. The summed E-state index contributed by atoms with van der Waals surface area (Å²) in [5, 5.41) is 9.80. The molecule has 0 aliphatic heterocycles. The zero-order valence-corrected chi connectivity index (χ0v) is 11.6. The van der Waals surface area contributed by atoms with Crippen LogP contribution >= 0.6 is 34.8 Å². The lowest BCUT2D eigenvalue weighted by molar-refractivity contribution is 0.0696. The summed E-state index contributed by atoms with van der Waals surface area (Å²) in [5.74, 6) is -0.385. The van der Waals surface area contributed by atoms with Crippen LogP contribution in [0.5, 0.6) is 11.5 Å². The second-order valence-electron chi connectivity index (χ2n) is 3.63. The van der Waals surface area contributed by atoms with E-state index in [0.717, 1.165) is 0 Å². The van der Waals surface area contributed by atoms with Crippen molar-refractivity contribution in [3.63, 3.8) is 0 Å². The van der Waals surface area contributed by atoms with Crippen molar-refractivity contribution in [2.24, 2.45) is 0 Å². The van der Waals surface area contributed by atoms with E-state index in [4.69, 9.17) is 44.6 Å². The Morgan fingerprint density at radius 1 is 1.00 bits per heavy atom. The molecule has 0 aliphatic rings. The van der Waals surface area contributed by atoms with Crippen molar-refractivity contribution in [2.75, 3.05) is 0 Å². The van der Waals surface area contributed by atoms with Gasteiger partial charge in [0.25, 0.3) is 0 Å². The van der Waals surface area contributed by atoms with E-state index in [9.17, 15) is 4.79 Å². The van der Waals surface area contributed by atoms with Crippen LogP contribution in [-0.4, -0.2) is 11.1 Å². The van der Waals surface area contributed by atoms with Crippen LogP contribution in [0.4, 0.5) is 0 Å². The number of halogens is 3. The first-order valence-corrected chi connectivity index (χ1v) is 6.26. The lowest BCUT2D eigenvalue weighted by atomic mass is 10.2. The maximum atomic E-state index is 10.9. The van der Waals surface area contributed by atoms with Crippen molar-refractivity contribution in [3.8, 4) is 11.5 Å². The van der Waals surface area contributed by atoms with Crippen LogP contribution in [0.15, 0.2) is 36.4 Å². The van der Waals surface area contributed by atoms with Crippen LogP contribution in [0, 0.1) is 0 Å². The molecule has 6 heteroatoms. The molecule has 0 atom stereocenters. The molecule has 0 aromatic heterocycles. The molecule has 0 saturated carbocycles. The third-order valence-corrected chi connectivity index (χ3v) is 3.30. The van der Waals surface area contributed by atoms with Gasteiger partial charge < -0.3 is 9.84 Å². The van der Waals surface area contributed by atoms with Gasteiger partial charge in [-0.15, -0.1) is 0 Å². The lowest BCUT2D eigenvalue weighted by Gasteiger charge is -2.09. The van der Waals surface area contributed by atoms with E-state index < -0.39 is 5.97 Å². The molecule has 0 radical (unpaired) electrons. The molecule has 0 saturated heterocycles. The first-order valence-electron chi connectivity index (χ1n) is 5.13. The number of hydrogen-bond acceptors (Lipinski definition) is 2. The number of rotatable bonds is 3. The minimum Gasteiger partial charge on any atom is -0.478 e. The molecule has 2 aromatic carbocycles. The number of carboxylic acids is 1. The molecule has 1 N–H and O–H groups in total. The van der Waals surface area contributed by atoms with Gasteiger partial charge in [-0.3, -0.25) is 0 Å². The summed E-state index contributed by atoms with van der Waals surface area (Å²) < 4.78 is 5.50. The largest absolute Gasteiger partial charge is 0.478 e. The summed E-state index contributed by atoms with van der Waals surface area (Å²) >= 11 is 17.6. The Bertz CT molecular complexity index is 641. The van der Waals surface area contributed by atoms with Crippen molar-refractivity contribution in [1.82, 2.24) is 0 Å². The van der Waals surface area contributed by atoms with Gasteiger partial charge in [-0.2, -0.15) is 0 Å². The van der Waals surface area contributed by atoms with Crippen LogP contribution in [-0.2, 0) is 0 Å². The fourth-order valence-corrected chi connectivity index (χ4v) is 1.98. The van der Waals surface area contributed by atoms with E-state index in [2.05, 4.69) is 0 Å². The second kappa shape index (κ2) is 5.70. The van der Waals surface area contributed by atoms with E-state index in [-0.39, 0.29) is 10.6 Å². The van der Waals surface area contributed by atoms with Gasteiger partial charge in [-0.1, -0.05) is 40.9 Å². The Hall–Kier alpha value is -1.42. The smallest absolute Gasteiger partial charge is 0.335 e. The normalized spacial score (nSPS) is 10.3. The highest BCUT2D eigenvalue weighted by Gasteiger charge is 2.09. The van der Waals surface area contributed by atoms with Gasteiger partial charge in [0.1, 0.15) is 11.5 Å². The van der Waals surface area contributed by atoms with E-state index in [1.807, 2.05) is 0 Å². The molecular weight excluding hydrogens is 310 g/mol. The average Bonchev–Trinajstić information content (AvgIpc) is 2.36. The third-order valence-electron chi connectivity index (χ3n) is 2.28. The minimum absolute atomic E-state index is 0.119. The highest BCUT2D eigenvalue weighted by atomic mass is 35.5. The molecule has 98 valence electrons. The van der Waals surface area contributed by atoms with Crippen molar-refractivity contribution in [3.05, 3.63) is 57.0 Å². The Morgan fingerprint density at radius 3 is 2.37 bits per heavy atom. The number of benzene rings is 2. The summed E-state index contributed by atoms with van der Waals surface area (Å²) in [5.41, 5.74) is 0.119. The molecule has 0 amide bonds. The van der Waals surface area contributed by atoms with Crippen LogP contribution in [0.3, 0.4) is 0 Å². The molecule has 19 heavy (non-hydrogen) atoms. The molecule has 0 fully saturated rings. The number of aromatic carboxylic acids is 1. The molecule has 3 nitrogen and oxygen atoms in total. The van der Waals surface area contributed by atoms with Gasteiger partial charge >= 0.3 is 5.97 Å². The quantitative estimate of drug-likeness (QED) is 0.797. The molecule has 0 aliphatic carbocycles. The van der Waals surface area contributed by atoms with E-state index in [0.29, 0.717) is 21.5 Å². The van der Waals surface area contributed by atoms with E-state index in [1.165, 1.54) is 24.3 Å². The Balaban J connectivity index is 2.33. The zero-order chi connectivity index (χ0) is 14.0. The predicted octanol–water partition coefficient (Wildman–Crippen LogP) is 5.14. The summed E-state index contributed by atoms with van der Waals surface area (Å²) in [6.45, 7) is 0. The highest BCUT2D eigenvalue weighted by Crippen LogP contribution is 2.36. The summed E-state index contributed by atoms with van der Waals surface area (Å²) in [6.07, 6.45) is 0. The van der Waals surface area contributed by atoms with Gasteiger partial charge in [-0.05, 0) is 24.3 Å². The van der Waals surface area contributed by atoms with Crippen LogP contribution in [0.25, 0.3) is 0 Å². The topological polar surface area (TPSA) is 46.5 Å². The maximum absolute atomic E-state index is 10.9. The Kier molecular flexibility index (Phi) is 4.20. The Labute approximate surface area is 124 Å². The van der Waals surface area contributed by atoms with Gasteiger partial charge in [0.05, 0.1) is 20.6 Å². The molecule has 0 unspecified atom stereocenters. The van der Waals surface area contributed by atoms with E-state index in [1.54, 1.807) is 12.1 Å². The summed E-state index contributed by atoms with van der Waals surface area (Å²) in [7, 11) is 0. The second-order valence-corrected chi connectivity index (χ2v) is 4.85. The average molecular weight is 318 g/mol. The van der Waals surface area contributed by atoms with Crippen molar-refractivity contribution >= 4 is 40.8 Å². The standard InChI is InChI=1S/C13H7Cl3O3/c14-9-5-11(16)12(6-10(9)15)19-8-3-1-2-7(4-8)13(17)18/h1-6H,(H,17,18). The predicted molar refractivity (Wildman–Crippen MR) is 74.9 cm³/mol. The summed E-state index contributed by atoms with van der Waals surface area (Å²) in [6, 6.07) is 8.98. The Morgan fingerprint density at radius 2 is 1.68 bits per heavy atom. The third kappa shape index (κ3) is 3.32. The number of carboxylic acid groups (broad SMARTS) is 1. The number of ether oxygens (including phenoxy) is 1. The zero-order valence-electron chi connectivity index (χ0n) is 9.36. The SMILES string of the molecule is O=C(O)c1cccc(Oc2cc(Cl)c(Cl)cc2Cl)c1. The molecular formula is C13H7Cl3O3.